The predicted octanol–water partition coefficient (Wildman–Crippen LogP) is 4.25. The molecule has 0 aromatic carbocycles. The van der Waals surface area contributed by atoms with Crippen molar-refractivity contribution in [1.82, 2.24) is 0 Å². The molecule has 0 aromatic rings. The van der Waals surface area contributed by atoms with Crippen LogP contribution < -0.4 is 0 Å². The minimum atomic E-state index is -0.0564. The fraction of sp³-hybridized carbons (Fsp3) is 0.700. The molecule has 2 nitrogen and oxygen atoms in total. The lowest BCUT2D eigenvalue weighted by Gasteiger charge is -2.56. The molecule has 0 unspecified atom stereocenters. The Bertz CT molecular complexity index is 613. The van der Waals surface area contributed by atoms with Crippen LogP contribution in [-0.4, -0.2) is 11.6 Å². The van der Waals surface area contributed by atoms with E-state index >= 15 is 0 Å². The molecule has 4 aliphatic rings. The lowest BCUT2D eigenvalue weighted by molar-refractivity contribution is -0.129. The summed E-state index contributed by atoms with van der Waals surface area (Å²) >= 11 is 0. The average molecular weight is 298 g/mol. The maximum absolute atomic E-state index is 12.8. The summed E-state index contributed by atoms with van der Waals surface area (Å²) in [7, 11) is 0. The number of fused-ring (bicyclic) bond motifs is 5. The van der Waals surface area contributed by atoms with Crippen molar-refractivity contribution in [3.8, 4) is 0 Å². The molecule has 4 aliphatic carbocycles. The first-order valence-electron chi connectivity index (χ1n) is 8.83. The van der Waals surface area contributed by atoms with Gasteiger partial charge in [0.15, 0.2) is 11.6 Å². The van der Waals surface area contributed by atoms with Crippen LogP contribution in [0.4, 0.5) is 0 Å². The number of hydrogen-bond donors (Lipinski definition) is 0. The molecule has 3 fully saturated rings. The van der Waals surface area contributed by atoms with Crippen LogP contribution >= 0.6 is 0 Å². The fourth-order valence-corrected chi connectivity index (χ4v) is 6.29. The first kappa shape index (κ1) is 14.4. The molecule has 0 saturated heterocycles. The predicted molar refractivity (Wildman–Crippen MR) is 86.2 cm³/mol. The lowest BCUT2D eigenvalue weighted by atomic mass is 9.47. The van der Waals surface area contributed by atoms with Crippen molar-refractivity contribution in [3.05, 3.63) is 23.8 Å². The molecule has 0 aromatic heterocycles. The Morgan fingerprint density at radius 2 is 1.77 bits per heavy atom. The van der Waals surface area contributed by atoms with Crippen molar-refractivity contribution in [3.63, 3.8) is 0 Å². The number of allylic oxidation sites excluding steroid dienone is 2. The van der Waals surface area contributed by atoms with Crippen molar-refractivity contribution in [2.24, 2.45) is 28.6 Å². The first-order chi connectivity index (χ1) is 10.4. The molecule has 0 aliphatic heterocycles. The molecule has 0 radical (unpaired) electrons. The minimum Gasteiger partial charge on any atom is -0.295 e. The van der Waals surface area contributed by atoms with E-state index < -0.39 is 0 Å². The summed E-state index contributed by atoms with van der Waals surface area (Å²) in [5.41, 5.74) is 2.46. The summed E-state index contributed by atoms with van der Waals surface area (Å²) in [6.45, 7) is 8.97. The standard InChI is InChI=1S/C20H26O2/c1-12-4-5-15-14-11-18(22)17-10-13(21)6-8-20(17,3)16(14)7-9-19(12,15)2/h10,14-16H,1,4-9,11H2,2-3H3/t14-,15-,16+,19+,20+/m0/s1. The van der Waals surface area contributed by atoms with Crippen molar-refractivity contribution >= 4 is 11.6 Å². The van der Waals surface area contributed by atoms with Gasteiger partial charge in [-0.3, -0.25) is 9.59 Å². The molecule has 5 atom stereocenters. The second kappa shape index (κ2) is 4.43. The molecular weight excluding hydrogens is 272 g/mol. The van der Waals surface area contributed by atoms with Gasteiger partial charge in [0.1, 0.15) is 0 Å². The highest BCUT2D eigenvalue weighted by Gasteiger charge is 2.59. The molecule has 0 amide bonds. The number of carbonyl (C=O) groups is 2. The minimum absolute atomic E-state index is 0.0564. The zero-order valence-corrected chi connectivity index (χ0v) is 13.8. The van der Waals surface area contributed by atoms with E-state index in [1.54, 1.807) is 6.08 Å². The number of ketones is 2. The Balaban J connectivity index is 1.76. The molecule has 0 spiro atoms. The van der Waals surface area contributed by atoms with Gasteiger partial charge >= 0.3 is 0 Å². The Morgan fingerprint density at radius 3 is 2.55 bits per heavy atom. The summed E-state index contributed by atoms with van der Waals surface area (Å²) in [6, 6.07) is 0. The molecular formula is C20H26O2. The second-order valence-corrected chi connectivity index (χ2v) is 8.54. The molecule has 118 valence electrons. The average Bonchev–Trinajstić information content (AvgIpc) is 2.77. The Hall–Kier alpha value is -1.18. The smallest absolute Gasteiger partial charge is 0.159 e. The third kappa shape index (κ3) is 1.67. The van der Waals surface area contributed by atoms with Gasteiger partial charge in [-0.15, -0.1) is 0 Å². The van der Waals surface area contributed by atoms with E-state index in [4.69, 9.17) is 0 Å². The van der Waals surface area contributed by atoms with Crippen LogP contribution in [0.1, 0.15) is 58.8 Å². The normalized spacial score (nSPS) is 47.6. The van der Waals surface area contributed by atoms with Crippen LogP contribution in [0.3, 0.4) is 0 Å². The summed E-state index contributed by atoms with van der Waals surface area (Å²) in [5, 5.41) is 0. The number of rotatable bonds is 0. The number of hydrogen-bond acceptors (Lipinski definition) is 2. The Kier molecular flexibility index (Phi) is 2.90. The Morgan fingerprint density at radius 1 is 1.05 bits per heavy atom. The third-order valence-corrected chi connectivity index (χ3v) is 7.74. The molecule has 22 heavy (non-hydrogen) atoms. The topological polar surface area (TPSA) is 34.1 Å². The van der Waals surface area contributed by atoms with Gasteiger partial charge in [-0.25, -0.2) is 0 Å². The van der Waals surface area contributed by atoms with Crippen molar-refractivity contribution in [1.29, 1.82) is 0 Å². The van der Waals surface area contributed by atoms with Crippen LogP contribution in [0.15, 0.2) is 23.8 Å². The second-order valence-electron chi connectivity index (χ2n) is 8.54. The highest BCUT2D eigenvalue weighted by Crippen LogP contribution is 2.65. The van der Waals surface area contributed by atoms with E-state index in [0.29, 0.717) is 30.6 Å². The van der Waals surface area contributed by atoms with Gasteiger partial charge in [0.25, 0.3) is 0 Å². The lowest BCUT2D eigenvalue weighted by Crippen LogP contribution is -2.52. The summed E-state index contributed by atoms with van der Waals surface area (Å²) in [6.07, 6.45) is 8.57. The van der Waals surface area contributed by atoms with Crippen molar-refractivity contribution in [2.45, 2.75) is 58.8 Å². The van der Waals surface area contributed by atoms with E-state index in [1.807, 2.05) is 0 Å². The van der Waals surface area contributed by atoms with E-state index in [2.05, 4.69) is 20.4 Å². The Labute approximate surface area is 133 Å². The van der Waals surface area contributed by atoms with Gasteiger partial charge in [-0.05, 0) is 66.8 Å². The van der Waals surface area contributed by atoms with Crippen molar-refractivity contribution < 1.29 is 9.59 Å². The highest BCUT2D eigenvalue weighted by molar-refractivity contribution is 6.05. The molecule has 0 bridgehead atoms. The number of Topliss-reactive ketones (excluding diaryl/α,β-unsaturated/α-hetero) is 1. The first-order valence-corrected chi connectivity index (χ1v) is 8.83. The van der Waals surface area contributed by atoms with Crippen LogP contribution in [0.2, 0.25) is 0 Å². The largest absolute Gasteiger partial charge is 0.295 e. The van der Waals surface area contributed by atoms with Crippen molar-refractivity contribution in [2.75, 3.05) is 0 Å². The van der Waals surface area contributed by atoms with E-state index in [0.717, 1.165) is 18.4 Å². The SMILES string of the molecule is C=C1CC[C@H]2[C@@H]3CC(=O)C4=CC(=O)CC[C@]4(C)[C@@H]3CC[C@]12C. The fourth-order valence-electron chi connectivity index (χ4n) is 6.29. The monoisotopic (exact) mass is 298 g/mol. The maximum Gasteiger partial charge on any atom is 0.159 e. The zero-order chi connectivity index (χ0) is 15.7. The van der Waals surface area contributed by atoms with Gasteiger partial charge in [0.2, 0.25) is 0 Å². The maximum atomic E-state index is 12.8. The van der Waals surface area contributed by atoms with Gasteiger partial charge in [0, 0.05) is 18.4 Å². The van der Waals surface area contributed by atoms with Crippen LogP contribution in [0, 0.1) is 28.6 Å². The van der Waals surface area contributed by atoms with E-state index in [-0.39, 0.29) is 22.4 Å². The third-order valence-electron chi connectivity index (χ3n) is 7.74. The molecule has 4 rings (SSSR count). The molecule has 2 heteroatoms. The molecule has 0 N–H and O–H groups in total. The highest BCUT2D eigenvalue weighted by atomic mass is 16.1. The van der Waals surface area contributed by atoms with Gasteiger partial charge < -0.3 is 0 Å². The van der Waals surface area contributed by atoms with E-state index in [9.17, 15) is 9.59 Å². The number of carbonyl (C=O) groups excluding carboxylic acids is 2. The quantitative estimate of drug-likeness (QED) is 0.626. The van der Waals surface area contributed by atoms with Crippen LogP contribution in [0.5, 0.6) is 0 Å². The van der Waals surface area contributed by atoms with Gasteiger partial charge in [0.05, 0.1) is 0 Å². The zero-order valence-electron chi connectivity index (χ0n) is 13.8. The summed E-state index contributed by atoms with van der Waals surface area (Å²) < 4.78 is 0. The summed E-state index contributed by atoms with van der Waals surface area (Å²) in [5.74, 6) is 2.10. The van der Waals surface area contributed by atoms with Crippen LogP contribution in [-0.2, 0) is 9.59 Å². The summed E-state index contributed by atoms with van der Waals surface area (Å²) in [4.78, 5) is 24.6. The molecule has 0 heterocycles. The van der Waals surface area contributed by atoms with E-state index in [1.165, 1.54) is 24.8 Å². The molecule has 3 saturated carbocycles. The van der Waals surface area contributed by atoms with Gasteiger partial charge in [-0.1, -0.05) is 26.0 Å². The van der Waals surface area contributed by atoms with Gasteiger partial charge in [-0.2, -0.15) is 0 Å². The van der Waals surface area contributed by atoms with Crippen LogP contribution in [0.25, 0.3) is 0 Å².